The van der Waals surface area contributed by atoms with Crippen molar-refractivity contribution in [2.75, 3.05) is 0 Å². The molecule has 0 saturated heterocycles. The molecule has 19 heavy (non-hydrogen) atoms. The Labute approximate surface area is 121 Å². The molecule has 100 valence electrons. The summed E-state index contributed by atoms with van der Waals surface area (Å²) in [5.74, 6) is 1.76. The van der Waals surface area contributed by atoms with Crippen molar-refractivity contribution < 1.29 is 0 Å². The molecule has 0 spiro atoms. The van der Waals surface area contributed by atoms with E-state index >= 15 is 0 Å². The SMILES string of the molecule is NCc1nnc(SCc2ccc(Cl)cc2)n1C1CC1. The second kappa shape index (κ2) is 5.53. The van der Waals surface area contributed by atoms with E-state index in [-0.39, 0.29) is 0 Å². The average molecular weight is 295 g/mol. The molecule has 0 radical (unpaired) electrons. The highest BCUT2D eigenvalue weighted by Gasteiger charge is 2.29. The summed E-state index contributed by atoms with van der Waals surface area (Å²) < 4.78 is 2.20. The first kappa shape index (κ1) is 13.0. The first-order valence-electron chi connectivity index (χ1n) is 6.29. The smallest absolute Gasteiger partial charge is 0.191 e. The maximum atomic E-state index is 5.88. The van der Waals surface area contributed by atoms with Crippen molar-refractivity contribution in [1.82, 2.24) is 14.8 Å². The number of hydrogen-bond donors (Lipinski definition) is 1. The lowest BCUT2D eigenvalue weighted by molar-refractivity contribution is 0.626. The van der Waals surface area contributed by atoms with Crippen molar-refractivity contribution in [1.29, 1.82) is 0 Å². The monoisotopic (exact) mass is 294 g/mol. The highest BCUT2D eigenvalue weighted by Crippen LogP contribution is 2.39. The minimum atomic E-state index is 0.449. The number of nitrogens with two attached hydrogens (primary N) is 1. The van der Waals surface area contributed by atoms with E-state index in [2.05, 4.69) is 14.8 Å². The van der Waals surface area contributed by atoms with Gasteiger partial charge in [0.25, 0.3) is 0 Å². The molecule has 0 bridgehead atoms. The molecule has 1 aliphatic rings. The number of hydrogen-bond acceptors (Lipinski definition) is 4. The second-order valence-corrected chi connectivity index (χ2v) is 6.00. The maximum Gasteiger partial charge on any atom is 0.191 e. The number of rotatable bonds is 5. The lowest BCUT2D eigenvalue weighted by Gasteiger charge is -2.07. The summed E-state index contributed by atoms with van der Waals surface area (Å²) in [6.45, 7) is 0.449. The van der Waals surface area contributed by atoms with Gasteiger partial charge in [-0.25, -0.2) is 0 Å². The van der Waals surface area contributed by atoms with Gasteiger partial charge in [-0.3, -0.25) is 0 Å². The number of halogens is 1. The lowest BCUT2D eigenvalue weighted by atomic mass is 10.2. The summed E-state index contributed by atoms with van der Waals surface area (Å²) in [5.41, 5.74) is 6.94. The molecule has 1 saturated carbocycles. The molecule has 0 atom stereocenters. The quantitative estimate of drug-likeness (QED) is 0.861. The van der Waals surface area contributed by atoms with E-state index in [0.717, 1.165) is 21.8 Å². The van der Waals surface area contributed by atoms with E-state index in [1.165, 1.54) is 18.4 Å². The van der Waals surface area contributed by atoms with Gasteiger partial charge in [0.1, 0.15) is 5.82 Å². The maximum absolute atomic E-state index is 5.88. The molecule has 0 aliphatic heterocycles. The Balaban J connectivity index is 1.73. The predicted molar refractivity (Wildman–Crippen MR) is 77.2 cm³/mol. The van der Waals surface area contributed by atoms with E-state index in [1.54, 1.807) is 11.8 Å². The van der Waals surface area contributed by atoms with Gasteiger partial charge < -0.3 is 10.3 Å². The Morgan fingerprint density at radius 2 is 2.00 bits per heavy atom. The molecule has 6 heteroatoms. The first-order chi connectivity index (χ1) is 9.28. The van der Waals surface area contributed by atoms with E-state index < -0.39 is 0 Å². The van der Waals surface area contributed by atoms with Crippen LogP contribution in [0.2, 0.25) is 5.02 Å². The van der Waals surface area contributed by atoms with Gasteiger partial charge in [0.15, 0.2) is 5.16 Å². The Morgan fingerprint density at radius 3 is 2.63 bits per heavy atom. The Bertz CT molecular complexity index is 563. The van der Waals surface area contributed by atoms with Crippen molar-refractivity contribution in [3.8, 4) is 0 Å². The zero-order valence-corrected chi connectivity index (χ0v) is 12.0. The fourth-order valence-corrected chi connectivity index (χ4v) is 3.08. The van der Waals surface area contributed by atoms with Crippen molar-refractivity contribution in [3.05, 3.63) is 40.7 Å². The largest absolute Gasteiger partial charge is 0.324 e. The number of aromatic nitrogens is 3. The number of benzene rings is 1. The summed E-state index contributed by atoms with van der Waals surface area (Å²) in [6, 6.07) is 8.46. The van der Waals surface area contributed by atoms with Crippen LogP contribution in [0.3, 0.4) is 0 Å². The Hall–Kier alpha value is -1.04. The van der Waals surface area contributed by atoms with Crippen molar-refractivity contribution in [2.24, 2.45) is 5.73 Å². The molecule has 1 heterocycles. The molecule has 1 aliphatic carbocycles. The van der Waals surface area contributed by atoms with Crippen LogP contribution in [0.5, 0.6) is 0 Å². The van der Waals surface area contributed by atoms with Crippen molar-refractivity contribution in [3.63, 3.8) is 0 Å². The third-order valence-electron chi connectivity index (χ3n) is 3.11. The van der Waals surface area contributed by atoms with E-state index in [4.69, 9.17) is 17.3 Å². The topological polar surface area (TPSA) is 56.7 Å². The van der Waals surface area contributed by atoms with E-state index in [9.17, 15) is 0 Å². The molecular weight excluding hydrogens is 280 g/mol. The van der Waals surface area contributed by atoms with Crippen LogP contribution in [0.15, 0.2) is 29.4 Å². The first-order valence-corrected chi connectivity index (χ1v) is 7.65. The molecule has 0 unspecified atom stereocenters. The standard InChI is InChI=1S/C13H15ClN4S/c14-10-3-1-9(2-4-10)8-19-13-17-16-12(7-15)18(13)11-5-6-11/h1-4,11H,5-8,15H2. The molecule has 2 aromatic rings. The number of thioether (sulfide) groups is 1. The van der Waals surface area contributed by atoms with Crippen LogP contribution in [0.1, 0.15) is 30.3 Å². The molecule has 1 aromatic carbocycles. The van der Waals surface area contributed by atoms with Crippen LogP contribution < -0.4 is 5.73 Å². The van der Waals surface area contributed by atoms with Crippen molar-refractivity contribution >= 4 is 23.4 Å². The van der Waals surface area contributed by atoms with Crippen LogP contribution >= 0.6 is 23.4 Å². The van der Waals surface area contributed by atoms with E-state index in [1.807, 2.05) is 24.3 Å². The average Bonchev–Trinajstić information content (AvgIpc) is 3.18. The van der Waals surface area contributed by atoms with E-state index in [0.29, 0.717) is 12.6 Å². The van der Waals surface area contributed by atoms with Crippen LogP contribution in [0, 0.1) is 0 Å². The lowest BCUT2D eigenvalue weighted by Crippen LogP contribution is -2.08. The minimum Gasteiger partial charge on any atom is -0.324 e. The third kappa shape index (κ3) is 2.94. The molecule has 4 nitrogen and oxygen atoms in total. The highest BCUT2D eigenvalue weighted by molar-refractivity contribution is 7.98. The minimum absolute atomic E-state index is 0.449. The van der Waals surface area contributed by atoms with Gasteiger partial charge in [-0.15, -0.1) is 10.2 Å². The van der Waals surface area contributed by atoms with Crippen LogP contribution in [-0.2, 0) is 12.3 Å². The molecule has 2 N–H and O–H groups in total. The fourth-order valence-electron chi connectivity index (χ4n) is 1.97. The van der Waals surface area contributed by atoms with Gasteiger partial charge in [-0.05, 0) is 30.5 Å². The molecule has 1 aromatic heterocycles. The summed E-state index contributed by atoms with van der Waals surface area (Å²) in [7, 11) is 0. The van der Waals surface area contributed by atoms with Crippen LogP contribution in [-0.4, -0.2) is 14.8 Å². The zero-order chi connectivity index (χ0) is 13.2. The Morgan fingerprint density at radius 1 is 1.26 bits per heavy atom. The van der Waals surface area contributed by atoms with Gasteiger partial charge in [-0.2, -0.15) is 0 Å². The van der Waals surface area contributed by atoms with Gasteiger partial charge in [0.05, 0.1) is 6.54 Å². The summed E-state index contributed by atoms with van der Waals surface area (Å²) in [4.78, 5) is 0. The number of nitrogens with zero attached hydrogens (tertiary/aromatic N) is 3. The summed E-state index contributed by atoms with van der Waals surface area (Å²) >= 11 is 7.58. The van der Waals surface area contributed by atoms with Crippen molar-refractivity contribution in [2.45, 2.75) is 36.3 Å². The van der Waals surface area contributed by atoms with Gasteiger partial charge >= 0.3 is 0 Å². The van der Waals surface area contributed by atoms with Crippen LogP contribution in [0.4, 0.5) is 0 Å². The summed E-state index contributed by atoms with van der Waals surface area (Å²) in [6.07, 6.45) is 2.42. The third-order valence-corrected chi connectivity index (χ3v) is 4.38. The Kier molecular flexibility index (Phi) is 3.77. The summed E-state index contributed by atoms with van der Waals surface area (Å²) in [5, 5.41) is 10.2. The predicted octanol–water partition coefficient (Wildman–Crippen LogP) is 3.02. The highest BCUT2D eigenvalue weighted by atomic mass is 35.5. The molecule has 1 fully saturated rings. The molecule has 3 rings (SSSR count). The fraction of sp³-hybridized carbons (Fsp3) is 0.385. The zero-order valence-electron chi connectivity index (χ0n) is 10.4. The second-order valence-electron chi connectivity index (χ2n) is 4.62. The van der Waals surface area contributed by atoms with Crippen LogP contribution in [0.25, 0.3) is 0 Å². The normalized spacial score (nSPS) is 14.8. The molecular formula is C13H15ClN4S. The van der Waals surface area contributed by atoms with Gasteiger partial charge in [0, 0.05) is 16.8 Å². The van der Waals surface area contributed by atoms with Gasteiger partial charge in [-0.1, -0.05) is 35.5 Å². The van der Waals surface area contributed by atoms with Gasteiger partial charge in [0.2, 0.25) is 0 Å². The molecule has 0 amide bonds.